The van der Waals surface area contributed by atoms with E-state index in [1.54, 1.807) is 0 Å². The first kappa shape index (κ1) is 8.29. The van der Waals surface area contributed by atoms with Crippen molar-refractivity contribution in [1.29, 1.82) is 0 Å². The average molecular weight is 199 g/mol. The average Bonchev–Trinajstić information content (AvgIpc) is 2.75. The molecule has 2 heterocycles. The maximum Gasteiger partial charge on any atom is 0.206 e. The molecule has 0 unspecified atom stereocenters. The van der Waals surface area contributed by atoms with Crippen LogP contribution in [0.25, 0.3) is 22.1 Å². The molecule has 0 atom stereocenters. The quantitative estimate of drug-likeness (QED) is 0.612. The van der Waals surface area contributed by atoms with Crippen LogP contribution in [0, 0.1) is 6.92 Å². The Morgan fingerprint density at radius 3 is 2.93 bits per heavy atom. The van der Waals surface area contributed by atoms with Gasteiger partial charge in [0.15, 0.2) is 6.29 Å². The van der Waals surface area contributed by atoms with Gasteiger partial charge in [-0.2, -0.15) is 0 Å². The summed E-state index contributed by atoms with van der Waals surface area (Å²) >= 11 is 0. The number of aldehydes is 1. The number of fused-ring (bicyclic) bond motifs is 3. The first-order valence-electron chi connectivity index (χ1n) is 4.75. The predicted molar refractivity (Wildman–Crippen MR) is 58.2 cm³/mol. The van der Waals surface area contributed by atoms with Gasteiger partial charge in [0.2, 0.25) is 5.71 Å². The van der Waals surface area contributed by atoms with Crippen molar-refractivity contribution in [3.05, 3.63) is 35.5 Å². The van der Waals surface area contributed by atoms with Crippen molar-refractivity contribution < 1.29 is 9.21 Å². The van der Waals surface area contributed by atoms with Crippen molar-refractivity contribution >= 4 is 28.4 Å². The summed E-state index contributed by atoms with van der Waals surface area (Å²) in [7, 11) is 0. The van der Waals surface area contributed by atoms with Crippen LogP contribution in [0.4, 0.5) is 0 Å². The van der Waals surface area contributed by atoms with Gasteiger partial charge in [0.25, 0.3) is 0 Å². The van der Waals surface area contributed by atoms with E-state index in [1.165, 1.54) is 5.56 Å². The number of rotatable bonds is 1. The van der Waals surface area contributed by atoms with Gasteiger partial charge in [-0.1, -0.05) is 11.6 Å². The number of hydrogen-bond acceptors (Lipinski definition) is 2. The minimum absolute atomic E-state index is 0.548. The van der Waals surface area contributed by atoms with E-state index in [0.717, 1.165) is 22.6 Å². The number of hydrogen-bond donors (Lipinski definition) is 1. The first-order valence-corrected chi connectivity index (χ1v) is 4.75. The van der Waals surface area contributed by atoms with Crippen LogP contribution in [0.5, 0.6) is 0 Å². The van der Waals surface area contributed by atoms with Crippen LogP contribution in [0.1, 0.15) is 16.1 Å². The molecule has 0 spiro atoms. The van der Waals surface area contributed by atoms with Gasteiger partial charge in [-0.25, -0.2) is 0 Å². The van der Waals surface area contributed by atoms with Crippen molar-refractivity contribution in [2.24, 2.45) is 0 Å². The van der Waals surface area contributed by atoms with Gasteiger partial charge in [-0.3, -0.25) is 4.79 Å². The Morgan fingerprint density at radius 2 is 2.13 bits per heavy atom. The van der Waals surface area contributed by atoms with Gasteiger partial charge in [0.05, 0.1) is 5.69 Å². The van der Waals surface area contributed by atoms with Crippen molar-refractivity contribution in [3.63, 3.8) is 0 Å². The highest BCUT2D eigenvalue weighted by Gasteiger charge is 2.09. The number of nitrogens with one attached hydrogen (secondary N) is 1. The normalized spacial score (nSPS) is 11.3. The van der Waals surface area contributed by atoms with Gasteiger partial charge in [-0.15, -0.1) is 0 Å². The van der Waals surface area contributed by atoms with Crippen LogP contribution in [0.15, 0.2) is 28.7 Å². The molecule has 0 radical (unpaired) electrons. The molecule has 0 aliphatic heterocycles. The number of aromatic nitrogens is 1. The van der Waals surface area contributed by atoms with Crippen LogP contribution in [-0.2, 0) is 0 Å². The Bertz CT molecular complexity index is 661. The van der Waals surface area contributed by atoms with Crippen LogP contribution in [0.3, 0.4) is 0 Å². The molecule has 1 aromatic carbocycles. The third kappa shape index (κ3) is 1.09. The Morgan fingerprint density at radius 1 is 1.27 bits per heavy atom. The summed E-state index contributed by atoms with van der Waals surface area (Å²) in [6, 6.07) is 7.82. The lowest BCUT2D eigenvalue weighted by atomic mass is 10.1. The first-order chi connectivity index (χ1) is 7.28. The number of benzene rings is 1. The van der Waals surface area contributed by atoms with E-state index >= 15 is 0 Å². The van der Waals surface area contributed by atoms with Crippen molar-refractivity contribution in [2.75, 3.05) is 0 Å². The van der Waals surface area contributed by atoms with E-state index in [4.69, 9.17) is 4.42 Å². The summed E-state index contributed by atoms with van der Waals surface area (Å²) in [5.41, 5.74) is 3.24. The van der Waals surface area contributed by atoms with Crippen LogP contribution in [0.2, 0.25) is 0 Å². The molecule has 0 amide bonds. The maximum absolute atomic E-state index is 10.6. The molecule has 0 aliphatic carbocycles. The minimum atomic E-state index is 0.548. The Kier molecular flexibility index (Phi) is 1.51. The van der Waals surface area contributed by atoms with Crippen LogP contribution >= 0.6 is 0 Å². The lowest BCUT2D eigenvalue weighted by molar-refractivity contribution is 0.111. The Balaban J connectivity index is 2.47. The predicted octanol–water partition coefficient (Wildman–Crippen LogP) is 3.04. The second kappa shape index (κ2) is 2.73. The smallest absolute Gasteiger partial charge is 0.206 e. The van der Waals surface area contributed by atoms with E-state index in [9.17, 15) is 4.79 Å². The van der Waals surface area contributed by atoms with Gasteiger partial charge in [0, 0.05) is 10.8 Å². The Hall–Kier alpha value is -2.03. The second-order valence-electron chi connectivity index (χ2n) is 3.69. The molecule has 0 saturated carbocycles. The summed E-state index contributed by atoms with van der Waals surface area (Å²) in [5, 5.41) is 2.02. The SMILES string of the molecule is Cc1ccc2oc3[nH]c(C=O)cc3c2c1. The highest BCUT2D eigenvalue weighted by atomic mass is 16.3. The van der Waals surface area contributed by atoms with Crippen molar-refractivity contribution in [3.8, 4) is 0 Å². The molecule has 2 aromatic heterocycles. The number of carbonyl (C=O) groups is 1. The van der Waals surface area contributed by atoms with Crippen LogP contribution in [-0.4, -0.2) is 11.3 Å². The summed E-state index contributed by atoms with van der Waals surface area (Å²) in [6.07, 6.45) is 0.789. The maximum atomic E-state index is 10.6. The second-order valence-corrected chi connectivity index (χ2v) is 3.69. The minimum Gasteiger partial charge on any atom is -0.440 e. The lowest BCUT2D eigenvalue weighted by Crippen LogP contribution is -1.75. The zero-order valence-electron chi connectivity index (χ0n) is 8.20. The third-order valence-corrected chi connectivity index (χ3v) is 2.57. The monoisotopic (exact) mass is 199 g/mol. The number of aryl methyl sites for hydroxylation is 1. The third-order valence-electron chi connectivity index (χ3n) is 2.57. The van der Waals surface area contributed by atoms with E-state index in [-0.39, 0.29) is 0 Å². The number of carbonyl (C=O) groups excluding carboxylic acids is 1. The van der Waals surface area contributed by atoms with E-state index < -0.39 is 0 Å². The molecule has 3 aromatic rings. The van der Waals surface area contributed by atoms with E-state index in [0.29, 0.717) is 11.4 Å². The zero-order valence-corrected chi connectivity index (χ0v) is 8.20. The molecule has 0 aliphatic rings. The molecule has 0 fully saturated rings. The molecule has 0 saturated heterocycles. The van der Waals surface area contributed by atoms with Crippen molar-refractivity contribution in [1.82, 2.24) is 4.98 Å². The van der Waals surface area contributed by atoms with Gasteiger partial charge < -0.3 is 9.40 Å². The summed E-state index contributed by atoms with van der Waals surface area (Å²) in [4.78, 5) is 13.5. The lowest BCUT2D eigenvalue weighted by Gasteiger charge is -1.90. The van der Waals surface area contributed by atoms with Gasteiger partial charge >= 0.3 is 0 Å². The molecule has 0 bridgehead atoms. The summed E-state index contributed by atoms with van der Waals surface area (Å²) in [5.74, 6) is 0. The summed E-state index contributed by atoms with van der Waals surface area (Å²) in [6.45, 7) is 2.03. The van der Waals surface area contributed by atoms with Crippen LogP contribution < -0.4 is 0 Å². The number of H-pyrrole nitrogens is 1. The van der Waals surface area contributed by atoms with Gasteiger partial charge in [0.1, 0.15) is 5.58 Å². The zero-order chi connectivity index (χ0) is 10.4. The molecule has 3 nitrogen and oxygen atoms in total. The topological polar surface area (TPSA) is 46.0 Å². The fourth-order valence-electron chi connectivity index (χ4n) is 1.85. The Labute approximate surface area is 85.7 Å². The number of aromatic amines is 1. The molecule has 15 heavy (non-hydrogen) atoms. The fraction of sp³-hybridized carbons (Fsp3) is 0.0833. The van der Waals surface area contributed by atoms with E-state index in [1.807, 2.05) is 25.1 Å². The standard InChI is InChI=1S/C12H9NO2/c1-7-2-3-11-9(4-7)10-5-8(6-14)13-12(10)15-11/h2-6,13H,1H3. The molecule has 74 valence electrons. The highest BCUT2D eigenvalue weighted by molar-refractivity contribution is 6.06. The summed E-state index contributed by atoms with van der Waals surface area (Å²) < 4.78 is 5.58. The number of furan rings is 1. The molecular weight excluding hydrogens is 190 g/mol. The highest BCUT2D eigenvalue weighted by Crippen LogP contribution is 2.29. The van der Waals surface area contributed by atoms with Gasteiger partial charge in [-0.05, 0) is 25.1 Å². The molecular formula is C12H9NO2. The largest absolute Gasteiger partial charge is 0.440 e. The van der Waals surface area contributed by atoms with E-state index in [2.05, 4.69) is 11.1 Å². The fourth-order valence-corrected chi connectivity index (χ4v) is 1.85. The molecule has 3 rings (SSSR count). The van der Waals surface area contributed by atoms with Crippen molar-refractivity contribution in [2.45, 2.75) is 6.92 Å². The molecule has 1 N–H and O–H groups in total. The molecule has 3 heteroatoms.